The van der Waals surface area contributed by atoms with Crippen LogP contribution in [-0.2, 0) is 0 Å². The molecule has 3 heteroatoms. The number of hydrazine groups is 1. The van der Waals surface area contributed by atoms with Crippen molar-refractivity contribution in [3.63, 3.8) is 0 Å². The van der Waals surface area contributed by atoms with E-state index < -0.39 is 0 Å². The van der Waals surface area contributed by atoms with Gasteiger partial charge in [-0.1, -0.05) is 0 Å². The van der Waals surface area contributed by atoms with Crippen molar-refractivity contribution in [2.45, 2.75) is 13.0 Å². The minimum atomic E-state index is 0.477. The molecule has 1 aliphatic heterocycles. The number of rotatable bonds is 0. The fraction of sp³-hybridized carbons (Fsp3) is 0.750. The molecule has 0 aliphatic carbocycles. The van der Waals surface area contributed by atoms with Crippen molar-refractivity contribution in [2.24, 2.45) is 4.99 Å². The van der Waals surface area contributed by atoms with Crippen LogP contribution in [0.3, 0.4) is 0 Å². The highest BCUT2D eigenvalue weighted by Crippen LogP contribution is 1.81. The van der Waals surface area contributed by atoms with E-state index in [1.54, 1.807) is 6.34 Å². The molecule has 1 atom stereocenters. The van der Waals surface area contributed by atoms with Gasteiger partial charge in [-0.2, -0.15) is 0 Å². The van der Waals surface area contributed by atoms with Crippen LogP contribution in [0.15, 0.2) is 4.99 Å². The summed E-state index contributed by atoms with van der Waals surface area (Å²) in [6, 6.07) is 0.477. The van der Waals surface area contributed by atoms with Crippen molar-refractivity contribution in [3.05, 3.63) is 0 Å². The van der Waals surface area contributed by atoms with Crippen LogP contribution in [0.5, 0.6) is 0 Å². The molecule has 0 saturated carbocycles. The lowest BCUT2D eigenvalue weighted by Gasteiger charge is -2.14. The van der Waals surface area contributed by atoms with Crippen molar-refractivity contribution in [1.29, 1.82) is 0 Å². The van der Waals surface area contributed by atoms with Gasteiger partial charge in [0.15, 0.2) is 0 Å². The summed E-state index contributed by atoms with van der Waals surface area (Å²) in [7, 11) is 0. The van der Waals surface area contributed by atoms with Crippen LogP contribution in [0.1, 0.15) is 6.92 Å². The Hall–Kier alpha value is -0.570. The molecule has 0 saturated heterocycles. The van der Waals surface area contributed by atoms with E-state index in [2.05, 4.69) is 22.8 Å². The van der Waals surface area contributed by atoms with Gasteiger partial charge in [0.25, 0.3) is 0 Å². The van der Waals surface area contributed by atoms with Gasteiger partial charge < -0.3 is 5.43 Å². The maximum atomic E-state index is 3.96. The minimum Gasteiger partial charge on any atom is -0.312 e. The lowest BCUT2D eigenvalue weighted by atomic mass is 10.4. The van der Waals surface area contributed by atoms with Gasteiger partial charge in [0.2, 0.25) is 0 Å². The average Bonchev–Trinajstić information content (AvgIpc) is 1.69. The zero-order chi connectivity index (χ0) is 5.11. The molecule has 1 aliphatic rings. The summed E-state index contributed by atoms with van der Waals surface area (Å²) in [6.07, 6.45) is 1.67. The first-order valence-electron chi connectivity index (χ1n) is 2.39. The Bertz CT molecular complexity index is 79.0. The third-order valence-electron chi connectivity index (χ3n) is 0.865. The Balaban J connectivity index is 2.32. The number of nitrogens with one attached hydrogen (secondary N) is 2. The van der Waals surface area contributed by atoms with E-state index in [9.17, 15) is 0 Å². The van der Waals surface area contributed by atoms with Gasteiger partial charge in [0.1, 0.15) is 0 Å². The molecule has 1 unspecified atom stereocenters. The molecule has 7 heavy (non-hydrogen) atoms. The van der Waals surface area contributed by atoms with Gasteiger partial charge >= 0.3 is 0 Å². The largest absolute Gasteiger partial charge is 0.312 e. The fourth-order valence-corrected chi connectivity index (χ4v) is 0.482. The number of hydrogen-bond donors (Lipinski definition) is 2. The molecule has 0 aromatic heterocycles. The van der Waals surface area contributed by atoms with Gasteiger partial charge in [-0.3, -0.25) is 4.99 Å². The Kier molecular flexibility index (Phi) is 1.26. The van der Waals surface area contributed by atoms with Crippen molar-refractivity contribution >= 4 is 6.34 Å². The Morgan fingerprint density at radius 3 is 3.00 bits per heavy atom. The molecule has 0 bridgehead atoms. The Morgan fingerprint density at radius 1 is 1.86 bits per heavy atom. The van der Waals surface area contributed by atoms with Gasteiger partial charge in [0, 0.05) is 6.04 Å². The molecule has 0 spiro atoms. The van der Waals surface area contributed by atoms with Crippen LogP contribution >= 0.6 is 0 Å². The van der Waals surface area contributed by atoms with E-state index in [1.165, 1.54) is 0 Å². The number of nitrogens with zero attached hydrogens (tertiary/aromatic N) is 1. The standard InChI is InChI=1S/C4H9N3/c1-4-2-5-3-6-7-4/h3-4,7H,2H2,1H3,(H,5,6). The second-order valence-corrected chi connectivity index (χ2v) is 1.68. The molecule has 3 nitrogen and oxygen atoms in total. The van der Waals surface area contributed by atoms with Gasteiger partial charge in [-0.25, -0.2) is 5.43 Å². The summed E-state index contributed by atoms with van der Waals surface area (Å²) in [4.78, 5) is 3.96. The highest BCUT2D eigenvalue weighted by Gasteiger charge is 1.98. The Morgan fingerprint density at radius 2 is 2.71 bits per heavy atom. The maximum Gasteiger partial charge on any atom is 0.0966 e. The molecule has 0 aromatic carbocycles. The minimum absolute atomic E-state index is 0.477. The van der Waals surface area contributed by atoms with Crippen LogP contribution in [0, 0.1) is 0 Å². The predicted octanol–water partition coefficient (Wildman–Crippen LogP) is -0.489. The highest BCUT2D eigenvalue weighted by molar-refractivity contribution is 5.54. The van der Waals surface area contributed by atoms with Crippen molar-refractivity contribution in [1.82, 2.24) is 10.9 Å². The second-order valence-electron chi connectivity index (χ2n) is 1.68. The van der Waals surface area contributed by atoms with Crippen LogP contribution in [0.25, 0.3) is 0 Å². The van der Waals surface area contributed by atoms with Gasteiger partial charge in [-0.15, -0.1) is 0 Å². The summed E-state index contributed by atoms with van der Waals surface area (Å²) < 4.78 is 0. The second kappa shape index (κ2) is 1.93. The molecule has 40 valence electrons. The lowest BCUT2D eigenvalue weighted by molar-refractivity contribution is 0.513. The number of hydrogen-bond acceptors (Lipinski definition) is 3. The average molecular weight is 99.1 g/mol. The fourth-order valence-electron chi connectivity index (χ4n) is 0.482. The van der Waals surface area contributed by atoms with Crippen LogP contribution in [-0.4, -0.2) is 18.9 Å². The van der Waals surface area contributed by atoms with Crippen molar-refractivity contribution in [3.8, 4) is 0 Å². The summed E-state index contributed by atoms with van der Waals surface area (Å²) in [5.74, 6) is 0. The number of aliphatic imine (C=N–C) groups is 1. The monoisotopic (exact) mass is 99.1 g/mol. The molecule has 2 N–H and O–H groups in total. The maximum absolute atomic E-state index is 3.96. The van der Waals surface area contributed by atoms with Crippen LogP contribution < -0.4 is 10.9 Å². The smallest absolute Gasteiger partial charge is 0.0966 e. The summed E-state index contributed by atoms with van der Waals surface area (Å²) in [5, 5.41) is 0. The van der Waals surface area contributed by atoms with Crippen LogP contribution in [0.4, 0.5) is 0 Å². The zero-order valence-electron chi connectivity index (χ0n) is 4.31. The third kappa shape index (κ3) is 1.16. The Labute approximate surface area is 42.8 Å². The lowest BCUT2D eigenvalue weighted by Crippen LogP contribution is -2.43. The third-order valence-corrected chi connectivity index (χ3v) is 0.865. The molecule has 0 radical (unpaired) electrons. The van der Waals surface area contributed by atoms with E-state index in [0.29, 0.717) is 6.04 Å². The molecule has 0 aromatic rings. The van der Waals surface area contributed by atoms with Gasteiger partial charge in [-0.05, 0) is 6.92 Å². The highest BCUT2D eigenvalue weighted by atomic mass is 15.4. The van der Waals surface area contributed by atoms with E-state index in [1.807, 2.05) is 0 Å². The quantitative estimate of drug-likeness (QED) is 0.430. The zero-order valence-corrected chi connectivity index (χ0v) is 4.31. The SMILES string of the molecule is CC1CN=CNN1. The summed E-state index contributed by atoms with van der Waals surface area (Å²) in [6.45, 7) is 2.95. The topological polar surface area (TPSA) is 36.4 Å². The van der Waals surface area contributed by atoms with E-state index in [4.69, 9.17) is 0 Å². The molecule has 0 amide bonds. The normalized spacial score (nSPS) is 29.6. The molecular weight excluding hydrogens is 90.1 g/mol. The van der Waals surface area contributed by atoms with Gasteiger partial charge in [0.05, 0.1) is 12.9 Å². The molecular formula is C4H9N3. The first kappa shape index (κ1) is 4.59. The van der Waals surface area contributed by atoms with Crippen molar-refractivity contribution in [2.75, 3.05) is 6.54 Å². The van der Waals surface area contributed by atoms with Crippen molar-refractivity contribution < 1.29 is 0 Å². The van der Waals surface area contributed by atoms with E-state index in [-0.39, 0.29) is 0 Å². The first-order chi connectivity index (χ1) is 3.39. The van der Waals surface area contributed by atoms with E-state index in [0.717, 1.165) is 6.54 Å². The molecule has 0 fully saturated rings. The molecule has 1 heterocycles. The van der Waals surface area contributed by atoms with Crippen LogP contribution in [0.2, 0.25) is 0 Å². The predicted molar refractivity (Wildman–Crippen MR) is 29.1 cm³/mol. The summed E-state index contributed by atoms with van der Waals surface area (Å²) >= 11 is 0. The first-order valence-corrected chi connectivity index (χ1v) is 2.39. The summed E-state index contributed by atoms with van der Waals surface area (Å²) in [5.41, 5.74) is 5.78. The molecule has 1 rings (SSSR count). The van der Waals surface area contributed by atoms with E-state index >= 15 is 0 Å².